The number of nitrogens with one attached hydrogen (secondary N) is 1. The molecule has 1 unspecified atom stereocenters. The third-order valence-electron chi connectivity index (χ3n) is 6.17. The summed E-state index contributed by atoms with van der Waals surface area (Å²) in [7, 11) is -7.42. The van der Waals surface area contributed by atoms with Crippen molar-refractivity contribution < 1.29 is 31.1 Å². The molecule has 0 fully saturated rings. The molecule has 0 aromatic heterocycles. The Balaban J connectivity index is 1.29. The number of hydrogen-bond donors (Lipinski definition) is 1. The Morgan fingerprint density at radius 2 is 1.51 bits per heavy atom. The third-order valence-corrected chi connectivity index (χ3v) is 8.62. The molecule has 0 radical (unpaired) electrons. The van der Waals surface area contributed by atoms with E-state index in [2.05, 4.69) is 4.72 Å². The molecule has 12 heteroatoms. The molecule has 2 aromatic carbocycles. The molecular formula is C23H25N3O7S2. The van der Waals surface area contributed by atoms with Gasteiger partial charge in [0.1, 0.15) is 19.3 Å². The summed E-state index contributed by atoms with van der Waals surface area (Å²) < 4.78 is 65.2. The predicted octanol–water partition coefficient (Wildman–Crippen LogP) is 0.891. The van der Waals surface area contributed by atoms with E-state index in [9.17, 15) is 21.6 Å². The van der Waals surface area contributed by atoms with Gasteiger partial charge in [0.05, 0.1) is 11.2 Å². The molecule has 0 saturated heterocycles. The van der Waals surface area contributed by atoms with Gasteiger partial charge in [0.2, 0.25) is 26.0 Å². The van der Waals surface area contributed by atoms with E-state index >= 15 is 0 Å². The van der Waals surface area contributed by atoms with Gasteiger partial charge in [0.25, 0.3) is 0 Å². The number of carbonyl (C=O) groups excluding carboxylic acids is 1. The van der Waals surface area contributed by atoms with Gasteiger partial charge >= 0.3 is 0 Å². The topological polar surface area (TPSA) is 122 Å². The third kappa shape index (κ3) is 4.79. The first kappa shape index (κ1) is 23.8. The number of carbonyl (C=O) groups is 1. The Kier molecular flexibility index (Phi) is 6.08. The molecule has 186 valence electrons. The van der Waals surface area contributed by atoms with Crippen molar-refractivity contribution in [1.82, 2.24) is 13.9 Å². The second kappa shape index (κ2) is 8.94. The Labute approximate surface area is 204 Å². The lowest BCUT2D eigenvalue weighted by atomic mass is 10.1. The quantitative estimate of drug-likeness (QED) is 0.563. The van der Waals surface area contributed by atoms with Crippen LogP contribution in [0.5, 0.6) is 11.5 Å². The lowest BCUT2D eigenvalue weighted by molar-refractivity contribution is -0.132. The Hall–Kier alpha value is -2.93. The van der Waals surface area contributed by atoms with Crippen LogP contribution in [0.4, 0.5) is 0 Å². The van der Waals surface area contributed by atoms with Gasteiger partial charge in [-0.1, -0.05) is 30.3 Å². The number of hydrogen-bond acceptors (Lipinski definition) is 7. The van der Waals surface area contributed by atoms with Gasteiger partial charge in [-0.2, -0.15) is 9.03 Å². The number of nitrogens with zero attached hydrogens (tertiary/aromatic N) is 2. The summed E-state index contributed by atoms with van der Waals surface area (Å²) in [6, 6.07) is 12.2. The molecule has 1 amide bonds. The standard InChI is InChI=1S/C23H25N3O7S2/c1-34(28,29)24-22(16-5-3-2-4-6-16)23(27)25-12-17-14-26(15-18(17)13-25)35(30,31)19-7-8-20-21(11-19)33-10-9-32-20/h2-8,11,22,24H,9-10,12-15H2,1H3. The van der Waals surface area contributed by atoms with Crippen molar-refractivity contribution in [1.29, 1.82) is 0 Å². The largest absolute Gasteiger partial charge is 0.486 e. The highest BCUT2D eigenvalue weighted by Crippen LogP contribution is 2.36. The van der Waals surface area contributed by atoms with Crippen LogP contribution in [-0.2, 0) is 24.8 Å². The van der Waals surface area contributed by atoms with E-state index in [0.29, 0.717) is 30.3 Å². The minimum atomic E-state index is -3.77. The Morgan fingerprint density at radius 1 is 0.886 bits per heavy atom. The molecule has 2 aromatic rings. The van der Waals surface area contributed by atoms with Crippen LogP contribution in [0.1, 0.15) is 11.6 Å². The molecule has 0 saturated carbocycles. The van der Waals surface area contributed by atoms with Crippen molar-refractivity contribution in [2.45, 2.75) is 10.9 Å². The fourth-order valence-electron chi connectivity index (χ4n) is 4.51. The molecule has 0 aliphatic carbocycles. The molecule has 1 atom stereocenters. The summed E-state index contributed by atoms with van der Waals surface area (Å²) in [5, 5.41) is 0. The molecule has 0 spiro atoms. The van der Waals surface area contributed by atoms with Gasteiger partial charge in [-0.3, -0.25) is 4.79 Å². The molecule has 5 rings (SSSR count). The van der Waals surface area contributed by atoms with Crippen LogP contribution in [0.25, 0.3) is 0 Å². The van der Waals surface area contributed by atoms with Crippen LogP contribution in [0.2, 0.25) is 0 Å². The van der Waals surface area contributed by atoms with Gasteiger partial charge in [-0.05, 0) is 28.8 Å². The van der Waals surface area contributed by atoms with Crippen LogP contribution < -0.4 is 14.2 Å². The van der Waals surface area contributed by atoms with Crippen molar-refractivity contribution in [3.8, 4) is 11.5 Å². The highest BCUT2D eigenvalue weighted by Gasteiger charge is 2.40. The van der Waals surface area contributed by atoms with Crippen LogP contribution in [0.3, 0.4) is 0 Å². The molecule has 3 heterocycles. The molecule has 10 nitrogen and oxygen atoms in total. The maximum Gasteiger partial charge on any atom is 0.245 e. The smallest absolute Gasteiger partial charge is 0.245 e. The number of sulfonamides is 2. The molecular weight excluding hydrogens is 494 g/mol. The van der Waals surface area contributed by atoms with Crippen molar-refractivity contribution in [2.24, 2.45) is 0 Å². The normalized spacial score (nSPS) is 19.1. The van der Waals surface area contributed by atoms with E-state index in [1.165, 1.54) is 16.4 Å². The fourth-order valence-corrected chi connectivity index (χ4v) is 6.62. The number of amides is 1. The average Bonchev–Trinajstić information content (AvgIpc) is 3.42. The lowest BCUT2D eigenvalue weighted by Crippen LogP contribution is -2.43. The zero-order chi connectivity index (χ0) is 24.8. The lowest BCUT2D eigenvalue weighted by Gasteiger charge is -2.27. The second-order valence-corrected chi connectivity index (χ2v) is 12.4. The first-order valence-corrected chi connectivity index (χ1v) is 14.4. The first-order chi connectivity index (χ1) is 16.6. The summed E-state index contributed by atoms with van der Waals surface area (Å²) in [6.45, 7) is 1.61. The maximum absolute atomic E-state index is 13.3. The van der Waals surface area contributed by atoms with Crippen molar-refractivity contribution in [3.05, 3.63) is 65.2 Å². The molecule has 0 bridgehead atoms. The van der Waals surface area contributed by atoms with Crippen LogP contribution in [0, 0.1) is 0 Å². The minimum Gasteiger partial charge on any atom is -0.486 e. The van der Waals surface area contributed by atoms with E-state index in [1.54, 1.807) is 41.3 Å². The minimum absolute atomic E-state index is 0.123. The summed E-state index contributed by atoms with van der Waals surface area (Å²) in [6.07, 6.45) is 1.01. The van der Waals surface area contributed by atoms with Gasteiger partial charge in [-0.15, -0.1) is 0 Å². The second-order valence-electron chi connectivity index (χ2n) is 8.71. The van der Waals surface area contributed by atoms with E-state index < -0.39 is 26.1 Å². The summed E-state index contributed by atoms with van der Waals surface area (Å²) in [5.41, 5.74) is 2.24. The maximum atomic E-state index is 13.3. The van der Waals surface area contributed by atoms with Crippen molar-refractivity contribution in [2.75, 3.05) is 45.6 Å². The van der Waals surface area contributed by atoms with Crippen LogP contribution in [0.15, 0.2) is 64.6 Å². The van der Waals surface area contributed by atoms with E-state index in [-0.39, 0.29) is 37.0 Å². The Morgan fingerprint density at radius 3 is 2.14 bits per heavy atom. The predicted molar refractivity (Wildman–Crippen MR) is 127 cm³/mol. The monoisotopic (exact) mass is 519 g/mol. The fraction of sp³-hybridized carbons (Fsp3) is 0.348. The zero-order valence-corrected chi connectivity index (χ0v) is 20.6. The highest BCUT2D eigenvalue weighted by atomic mass is 32.2. The highest BCUT2D eigenvalue weighted by molar-refractivity contribution is 7.89. The van der Waals surface area contributed by atoms with E-state index in [1.807, 2.05) is 0 Å². The van der Waals surface area contributed by atoms with Gasteiger partial charge < -0.3 is 14.4 Å². The summed E-state index contributed by atoms with van der Waals surface area (Å²) >= 11 is 0. The Bertz CT molecular complexity index is 1390. The van der Waals surface area contributed by atoms with Gasteiger partial charge in [0, 0.05) is 32.2 Å². The number of fused-ring (bicyclic) bond motifs is 1. The zero-order valence-electron chi connectivity index (χ0n) is 19.0. The SMILES string of the molecule is CS(=O)(=O)NC(C(=O)N1CC2=C(C1)CN(S(=O)(=O)c1ccc3c(c1)OCCO3)C2)c1ccccc1. The number of benzene rings is 2. The van der Waals surface area contributed by atoms with Crippen LogP contribution in [-0.4, -0.2) is 77.6 Å². The number of ether oxygens (including phenoxy) is 2. The van der Waals surface area contributed by atoms with E-state index in [0.717, 1.165) is 17.4 Å². The molecule has 1 N–H and O–H groups in total. The number of rotatable bonds is 6. The summed E-state index contributed by atoms with van der Waals surface area (Å²) in [5.74, 6) is 0.540. The molecule has 35 heavy (non-hydrogen) atoms. The van der Waals surface area contributed by atoms with Crippen molar-refractivity contribution in [3.63, 3.8) is 0 Å². The van der Waals surface area contributed by atoms with Crippen molar-refractivity contribution >= 4 is 26.0 Å². The summed E-state index contributed by atoms with van der Waals surface area (Å²) in [4.78, 5) is 15.0. The van der Waals surface area contributed by atoms with Gasteiger partial charge in [0.15, 0.2) is 11.5 Å². The average molecular weight is 520 g/mol. The van der Waals surface area contributed by atoms with Gasteiger partial charge in [-0.25, -0.2) is 16.8 Å². The van der Waals surface area contributed by atoms with E-state index in [4.69, 9.17) is 9.47 Å². The molecule has 3 aliphatic rings. The first-order valence-electron chi connectivity index (χ1n) is 11.0. The van der Waals surface area contributed by atoms with Crippen LogP contribution >= 0.6 is 0 Å². The molecule has 3 aliphatic heterocycles.